The van der Waals surface area contributed by atoms with Gasteiger partial charge in [-0.1, -0.05) is 21.1 Å². The standard InChI is InChI=1S/C8H7BrFN3/c1-13-7-3-2-6(9)5(4-10)8(7)11-12-13/h2-3H,4H2,1H3. The van der Waals surface area contributed by atoms with E-state index in [2.05, 4.69) is 26.2 Å². The lowest BCUT2D eigenvalue weighted by atomic mass is 10.2. The second-order valence-electron chi connectivity index (χ2n) is 2.74. The molecule has 2 rings (SSSR count). The third kappa shape index (κ3) is 1.23. The van der Waals surface area contributed by atoms with Gasteiger partial charge in [0.2, 0.25) is 0 Å². The molecule has 13 heavy (non-hydrogen) atoms. The van der Waals surface area contributed by atoms with Crippen molar-refractivity contribution >= 4 is 27.0 Å². The molecule has 0 fully saturated rings. The first-order valence-corrected chi connectivity index (χ1v) is 4.56. The quantitative estimate of drug-likeness (QED) is 0.769. The van der Waals surface area contributed by atoms with E-state index in [1.807, 2.05) is 6.07 Å². The van der Waals surface area contributed by atoms with Gasteiger partial charge in [0.25, 0.3) is 0 Å². The summed E-state index contributed by atoms with van der Waals surface area (Å²) in [6.45, 7) is -0.531. The minimum Gasteiger partial charge on any atom is -0.248 e. The fourth-order valence-electron chi connectivity index (χ4n) is 1.26. The topological polar surface area (TPSA) is 30.7 Å². The summed E-state index contributed by atoms with van der Waals surface area (Å²) in [5, 5.41) is 7.72. The Morgan fingerprint density at radius 2 is 2.31 bits per heavy atom. The Bertz CT molecular complexity index is 452. The number of aromatic nitrogens is 3. The van der Waals surface area contributed by atoms with Gasteiger partial charge in [0.15, 0.2) is 0 Å². The molecule has 0 N–H and O–H groups in total. The van der Waals surface area contributed by atoms with Gasteiger partial charge in [0.05, 0.1) is 5.52 Å². The average molecular weight is 244 g/mol. The summed E-state index contributed by atoms with van der Waals surface area (Å²) in [7, 11) is 1.78. The van der Waals surface area contributed by atoms with Crippen molar-refractivity contribution in [2.45, 2.75) is 6.67 Å². The van der Waals surface area contributed by atoms with Crippen LogP contribution in [0.25, 0.3) is 11.0 Å². The number of rotatable bonds is 1. The molecule has 0 bridgehead atoms. The number of benzene rings is 1. The van der Waals surface area contributed by atoms with E-state index in [0.29, 0.717) is 11.1 Å². The van der Waals surface area contributed by atoms with Crippen LogP contribution in [0.5, 0.6) is 0 Å². The third-order valence-electron chi connectivity index (χ3n) is 1.97. The summed E-state index contributed by atoms with van der Waals surface area (Å²) in [5.41, 5.74) is 2.03. The van der Waals surface area contributed by atoms with Crippen molar-refractivity contribution in [3.05, 3.63) is 22.2 Å². The fraction of sp³-hybridized carbons (Fsp3) is 0.250. The van der Waals surface area contributed by atoms with Crippen LogP contribution in [-0.4, -0.2) is 15.0 Å². The number of hydrogen-bond acceptors (Lipinski definition) is 2. The SMILES string of the molecule is Cn1nnc2c(CF)c(Br)ccc21. The molecule has 0 saturated carbocycles. The average Bonchev–Trinajstić information content (AvgIpc) is 2.48. The Morgan fingerprint density at radius 1 is 1.54 bits per heavy atom. The predicted octanol–water partition coefficient (Wildman–Crippen LogP) is 2.20. The molecule has 3 nitrogen and oxygen atoms in total. The minimum atomic E-state index is -0.531. The number of aryl methyl sites for hydroxylation is 1. The monoisotopic (exact) mass is 243 g/mol. The molecule has 68 valence electrons. The van der Waals surface area contributed by atoms with Crippen molar-refractivity contribution in [2.24, 2.45) is 7.05 Å². The highest BCUT2D eigenvalue weighted by Crippen LogP contribution is 2.25. The number of fused-ring (bicyclic) bond motifs is 1. The summed E-state index contributed by atoms with van der Waals surface area (Å²) < 4.78 is 15.0. The Morgan fingerprint density at radius 3 is 3.00 bits per heavy atom. The van der Waals surface area contributed by atoms with E-state index in [0.717, 1.165) is 9.99 Å². The highest BCUT2D eigenvalue weighted by atomic mass is 79.9. The van der Waals surface area contributed by atoms with Gasteiger partial charge in [-0.3, -0.25) is 0 Å². The Kier molecular flexibility index (Phi) is 2.03. The van der Waals surface area contributed by atoms with Gasteiger partial charge in [-0.2, -0.15) is 0 Å². The maximum absolute atomic E-state index is 12.6. The first-order chi connectivity index (χ1) is 6.24. The van der Waals surface area contributed by atoms with Crippen LogP contribution in [0.4, 0.5) is 4.39 Å². The van der Waals surface area contributed by atoms with Gasteiger partial charge < -0.3 is 0 Å². The van der Waals surface area contributed by atoms with Gasteiger partial charge in [0.1, 0.15) is 12.2 Å². The maximum Gasteiger partial charge on any atom is 0.120 e. The maximum atomic E-state index is 12.6. The van der Waals surface area contributed by atoms with E-state index >= 15 is 0 Å². The van der Waals surface area contributed by atoms with E-state index in [4.69, 9.17) is 0 Å². The predicted molar refractivity (Wildman–Crippen MR) is 51.0 cm³/mol. The second-order valence-corrected chi connectivity index (χ2v) is 3.59. The molecule has 0 spiro atoms. The van der Waals surface area contributed by atoms with Crippen molar-refractivity contribution in [2.75, 3.05) is 0 Å². The first-order valence-electron chi connectivity index (χ1n) is 3.76. The molecular weight excluding hydrogens is 237 g/mol. The molecule has 0 aliphatic rings. The van der Waals surface area contributed by atoms with Gasteiger partial charge >= 0.3 is 0 Å². The van der Waals surface area contributed by atoms with Gasteiger partial charge in [-0.25, -0.2) is 9.07 Å². The lowest BCUT2D eigenvalue weighted by Gasteiger charge is -1.99. The van der Waals surface area contributed by atoms with Crippen LogP contribution in [-0.2, 0) is 13.7 Å². The van der Waals surface area contributed by atoms with E-state index in [9.17, 15) is 4.39 Å². The van der Waals surface area contributed by atoms with E-state index < -0.39 is 6.67 Å². The number of hydrogen-bond donors (Lipinski definition) is 0. The molecular formula is C8H7BrFN3. The largest absolute Gasteiger partial charge is 0.248 e. The van der Waals surface area contributed by atoms with Gasteiger partial charge in [-0.15, -0.1) is 5.10 Å². The number of halogens is 2. The van der Waals surface area contributed by atoms with Crippen LogP contribution >= 0.6 is 15.9 Å². The van der Waals surface area contributed by atoms with Crippen LogP contribution in [0, 0.1) is 0 Å². The van der Waals surface area contributed by atoms with Crippen LogP contribution in [0.15, 0.2) is 16.6 Å². The molecule has 0 atom stereocenters. The Hall–Kier alpha value is -0.970. The van der Waals surface area contributed by atoms with Crippen molar-refractivity contribution in [3.8, 4) is 0 Å². The van der Waals surface area contributed by atoms with Gasteiger partial charge in [-0.05, 0) is 12.1 Å². The first kappa shape index (κ1) is 8.62. The zero-order valence-electron chi connectivity index (χ0n) is 6.96. The fourth-order valence-corrected chi connectivity index (χ4v) is 1.69. The summed E-state index contributed by atoms with van der Waals surface area (Å²) in [4.78, 5) is 0. The van der Waals surface area contributed by atoms with Crippen LogP contribution in [0.3, 0.4) is 0 Å². The molecule has 0 unspecified atom stereocenters. The Labute approximate surface area is 82.7 Å². The molecule has 1 aromatic carbocycles. The normalized spacial score (nSPS) is 11.0. The summed E-state index contributed by atoms with van der Waals surface area (Å²) in [6, 6.07) is 3.67. The third-order valence-corrected chi connectivity index (χ3v) is 2.71. The minimum absolute atomic E-state index is 0.531. The molecule has 1 aromatic heterocycles. The lowest BCUT2D eigenvalue weighted by Crippen LogP contribution is -1.89. The van der Waals surface area contributed by atoms with Crippen molar-refractivity contribution < 1.29 is 4.39 Å². The highest BCUT2D eigenvalue weighted by molar-refractivity contribution is 9.10. The lowest BCUT2D eigenvalue weighted by molar-refractivity contribution is 0.486. The van der Waals surface area contributed by atoms with Crippen LogP contribution < -0.4 is 0 Å². The van der Waals surface area contributed by atoms with E-state index in [1.165, 1.54) is 0 Å². The Balaban J connectivity index is 2.85. The van der Waals surface area contributed by atoms with E-state index in [-0.39, 0.29) is 0 Å². The highest BCUT2D eigenvalue weighted by Gasteiger charge is 2.09. The molecule has 0 radical (unpaired) electrons. The smallest absolute Gasteiger partial charge is 0.120 e. The molecule has 0 aliphatic heterocycles. The molecule has 2 aromatic rings. The molecule has 1 heterocycles. The van der Waals surface area contributed by atoms with Crippen molar-refractivity contribution in [1.82, 2.24) is 15.0 Å². The van der Waals surface area contributed by atoms with Crippen LogP contribution in [0.2, 0.25) is 0 Å². The number of nitrogens with zero attached hydrogens (tertiary/aromatic N) is 3. The van der Waals surface area contributed by atoms with Crippen LogP contribution in [0.1, 0.15) is 5.56 Å². The summed E-state index contributed by atoms with van der Waals surface area (Å²) in [6.07, 6.45) is 0. The molecule has 0 amide bonds. The van der Waals surface area contributed by atoms with Crippen molar-refractivity contribution in [1.29, 1.82) is 0 Å². The summed E-state index contributed by atoms with van der Waals surface area (Å²) in [5.74, 6) is 0. The second kappa shape index (κ2) is 3.06. The molecule has 5 heteroatoms. The summed E-state index contributed by atoms with van der Waals surface area (Å²) >= 11 is 3.27. The zero-order valence-corrected chi connectivity index (χ0v) is 8.55. The molecule has 0 saturated heterocycles. The number of alkyl halides is 1. The zero-order chi connectivity index (χ0) is 9.42. The molecule has 0 aliphatic carbocycles. The van der Waals surface area contributed by atoms with Crippen molar-refractivity contribution in [3.63, 3.8) is 0 Å². The van der Waals surface area contributed by atoms with E-state index in [1.54, 1.807) is 17.8 Å². The van der Waals surface area contributed by atoms with Gasteiger partial charge in [0, 0.05) is 17.1 Å².